The average molecular weight is 251 g/mol. The molecule has 0 aliphatic heterocycles. The molecule has 0 radical (unpaired) electrons. The van der Waals surface area contributed by atoms with Gasteiger partial charge in [-0.25, -0.2) is 9.97 Å². The zero-order chi connectivity index (χ0) is 12.3. The van der Waals surface area contributed by atoms with Crippen LogP contribution in [-0.2, 0) is 6.42 Å². The Morgan fingerprint density at radius 2 is 2.41 bits per heavy atom. The van der Waals surface area contributed by atoms with Gasteiger partial charge in [0.15, 0.2) is 5.03 Å². The van der Waals surface area contributed by atoms with Crippen molar-refractivity contribution in [1.29, 1.82) is 0 Å². The van der Waals surface area contributed by atoms with Gasteiger partial charge in [-0.15, -0.1) is 5.10 Å². The Bertz CT molecular complexity index is 542. The highest BCUT2D eigenvalue weighted by atomic mass is 32.2. The van der Waals surface area contributed by atoms with Gasteiger partial charge in [0.25, 0.3) is 0 Å². The number of pyridine rings is 1. The monoisotopic (exact) mass is 251 g/mol. The molecule has 0 bridgehead atoms. The molecule has 0 saturated heterocycles. The van der Waals surface area contributed by atoms with E-state index in [1.807, 2.05) is 6.92 Å². The van der Waals surface area contributed by atoms with Crippen LogP contribution in [0, 0.1) is 10.1 Å². The summed E-state index contributed by atoms with van der Waals surface area (Å²) in [5.74, 6) is 0.742. The smallest absolute Gasteiger partial charge is 0.262 e. The van der Waals surface area contributed by atoms with Crippen LogP contribution in [0.15, 0.2) is 28.5 Å². The molecule has 7 nitrogen and oxygen atoms in total. The van der Waals surface area contributed by atoms with Crippen molar-refractivity contribution in [3.05, 3.63) is 34.3 Å². The maximum atomic E-state index is 10.8. The summed E-state index contributed by atoms with van der Waals surface area (Å²) >= 11 is 1.07. The van der Waals surface area contributed by atoms with Crippen molar-refractivity contribution in [2.24, 2.45) is 0 Å². The summed E-state index contributed by atoms with van der Waals surface area (Å²) < 4.78 is 0. The van der Waals surface area contributed by atoms with Crippen molar-refractivity contribution in [3.8, 4) is 0 Å². The maximum absolute atomic E-state index is 10.8. The molecular weight excluding hydrogens is 242 g/mol. The lowest BCUT2D eigenvalue weighted by atomic mass is 10.4. The molecule has 8 heteroatoms. The summed E-state index contributed by atoms with van der Waals surface area (Å²) in [6, 6.07) is 2.93. The van der Waals surface area contributed by atoms with Crippen molar-refractivity contribution in [3.63, 3.8) is 0 Å². The highest BCUT2D eigenvalue weighted by Gasteiger charge is 2.17. The molecule has 17 heavy (non-hydrogen) atoms. The van der Waals surface area contributed by atoms with Gasteiger partial charge in [-0.2, -0.15) is 0 Å². The zero-order valence-corrected chi connectivity index (χ0v) is 9.77. The number of nitrogens with zero attached hydrogens (tertiary/aromatic N) is 4. The first-order chi connectivity index (χ1) is 8.20. The zero-order valence-electron chi connectivity index (χ0n) is 8.95. The van der Waals surface area contributed by atoms with E-state index in [1.54, 1.807) is 0 Å². The first kappa shape index (κ1) is 11.5. The summed E-state index contributed by atoms with van der Waals surface area (Å²) in [6.07, 6.45) is 2.24. The van der Waals surface area contributed by atoms with Crippen molar-refractivity contribution in [2.45, 2.75) is 23.5 Å². The minimum absolute atomic E-state index is 0.0413. The molecule has 0 saturated carbocycles. The van der Waals surface area contributed by atoms with Crippen LogP contribution < -0.4 is 0 Å². The lowest BCUT2D eigenvalue weighted by Gasteiger charge is -1.97. The Morgan fingerprint density at radius 1 is 1.59 bits per heavy atom. The van der Waals surface area contributed by atoms with Crippen molar-refractivity contribution in [1.82, 2.24) is 20.2 Å². The molecule has 2 heterocycles. The maximum Gasteiger partial charge on any atom is 0.301 e. The number of hydrogen-bond donors (Lipinski definition) is 1. The quantitative estimate of drug-likeness (QED) is 0.657. The average Bonchev–Trinajstić information content (AvgIpc) is 2.77. The van der Waals surface area contributed by atoms with Gasteiger partial charge in [-0.1, -0.05) is 6.92 Å². The number of aromatic amines is 1. The van der Waals surface area contributed by atoms with E-state index in [0.29, 0.717) is 10.2 Å². The minimum Gasteiger partial charge on any atom is -0.262 e. The fourth-order valence-corrected chi connectivity index (χ4v) is 1.95. The van der Waals surface area contributed by atoms with Crippen LogP contribution >= 0.6 is 11.8 Å². The topological polar surface area (TPSA) is 97.6 Å². The molecule has 0 spiro atoms. The van der Waals surface area contributed by atoms with E-state index >= 15 is 0 Å². The highest BCUT2D eigenvalue weighted by molar-refractivity contribution is 7.99. The van der Waals surface area contributed by atoms with Crippen LogP contribution in [0.1, 0.15) is 12.7 Å². The Morgan fingerprint density at radius 3 is 3.06 bits per heavy atom. The third kappa shape index (κ3) is 2.59. The number of hydrogen-bond acceptors (Lipinski definition) is 6. The number of nitro groups is 1. The Balaban J connectivity index is 2.26. The summed E-state index contributed by atoms with van der Waals surface area (Å²) in [5.41, 5.74) is -0.0413. The number of nitrogens with one attached hydrogen (secondary N) is 1. The van der Waals surface area contributed by atoms with Gasteiger partial charge in [0.1, 0.15) is 5.82 Å². The second-order valence-electron chi connectivity index (χ2n) is 3.11. The van der Waals surface area contributed by atoms with E-state index in [-0.39, 0.29) is 5.69 Å². The predicted molar refractivity (Wildman–Crippen MR) is 60.8 cm³/mol. The van der Waals surface area contributed by atoms with Gasteiger partial charge >= 0.3 is 5.69 Å². The van der Waals surface area contributed by atoms with Crippen LogP contribution in [0.4, 0.5) is 5.69 Å². The predicted octanol–water partition coefficient (Wildman–Crippen LogP) is 1.82. The third-order valence-corrected chi connectivity index (χ3v) is 2.85. The van der Waals surface area contributed by atoms with E-state index < -0.39 is 4.92 Å². The molecule has 0 fully saturated rings. The summed E-state index contributed by atoms with van der Waals surface area (Å²) in [5, 5.41) is 18.2. The molecule has 0 unspecified atom stereocenters. The van der Waals surface area contributed by atoms with Crippen LogP contribution in [0.3, 0.4) is 0 Å². The van der Waals surface area contributed by atoms with Crippen molar-refractivity contribution in [2.75, 3.05) is 0 Å². The molecule has 2 aromatic rings. The summed E-state index contributed by atoms with van der Waals surface area (Å²) in [4.78, 5) is 18.4. The molecule has 0 aliphatic carbocycles. The fraction of sp³-hybridized carbons (Fsp3) is 0.222. The standard InChI is InChI=1S/C9H9N5O2S/c1-2-7-11-9(13-12-7)17-8-6(14(15)16)4-3-5-10-8/h3-5H,2H2,1H3,(H,11,12,13). The van der Waals surface area contributed by atoms with E-state index in [1.165, 1.54) is 18.3 Å². The van der Waals surface area contributed by atoms with Gasteiger partial charge in [0.2, 0.25) is 5.16 Å². The number of rotatable bonds is 4. The van der Waals surface area contributed by atoms with Gasteiger partial charge in [-0.3, -0.25) is 15.2 Å². The van der Waals surface area contributed by atoms with Crippen molar-refractivity contribution < 1.29 is 4.92 Å². The minimum atomic E-state index is -0.470. The molecule has 0 atom stereocenters. The lowest BCUT2D eigenvalue weighted by Crippen LogP contribution is -1.93. The highest BCUT2D eigenvalue weighted by Crippen LogP contribution is 2.30. The summed E-state index contributed by atoms with van der Waals surface area (Å²) in [6.45, 7) is 1.94. The van der Waals surface area contributed by atoms with Crippen LogP contribution in [0.5, 0.6) is 0 Å². The number of aryl methyl sites for hydroxylation is 1. The van der Waals surface area contributed by atoms with Gasteiger partial charge in [0.05, 0.1) is 4.92 Å². The third-order valence-electron chi connectivity index (χ3n) is 1.98. The molecule has 2 aromatic heterocycles. The Labute approximate surface area is 101 Å². The number of H-pyrrole nitrogens is 1. The molecular formula is C9H9N5O2S. The van der Waals surface area contributed by atoms with E-state index in [0.717, 1.165) is 24.0 Å². The van der Waals surface area contributed by atoms with Crippen LogP contribution in [0.25, 0.3) is 0 Å². The summed E-state index contributed by atoms with van der Waals surface area (Å²) in [7, 11) is 0. The Hall–Kier alpha value is -1.96. The molecule has 1 N–H and O–H groups in total. The second-order valence-corrected chi connectivity index (χ2v) is 4.06. The van der Waals surface area contributed by atoms with Crippen molar-refractivity contribution >= 4 is 17.4 Å². The molecule has 0 aromatic carbocycles. The number of aromatic nitrogens is 4. The Kier molecular flexibility index (Phi) is 3.33. The van der Waals surface area contributed by atoms with Crippen LogP contribution in [0.2, 0.25) is 0 Å². The first-order valence-corrected chi connectivity index (χ1v) is 5.71. The normalized spacial score (nSPS) is 10.4. The molecule has 2 rings (SSSR count). The second kappa shape index (κ2) is 4.91. The van der Waals surface area contributed by atoms with E-state index in [9.17, 15) is 10.1 Å². The first-order valence-electron chi connectivity index (χ1n) is 4.89. The van der Waals surface area contributed by atoms with Gasteiger partial charge < -0.3 is 0 Å². The lowest BCUT2D eigenvalue weighted by molar-refractivity contribution is -0.388. The van der Waals surface area contributed by atoms with Gasteiger partial charge in [0, 0.05) is 18.7 Å². The SMILES string of the molecule is CCc1nc(Sc2ncccc2[N+](=O)[O-])n[nH]1. The molecule has 0 amide bonds. The van der Waals surface area contributed by atoms with Crippen LogP contribution in [-0.4, -0.2) is 25.1 Å². The molecule has 0 aliphatic rings. The molecule has 88 valence electrons. The van der Waals surface area contributed by atoms with Gasteiger partial charge in [-0.05, 0) is 17.8 Å². The van der Waals surface area contributed by atoms with E-state index in [2.05, 4.69) is 20.2 Å². The largest absolute Gasteiger partial charge is 0.301 e. The fourth-order valence-electron chi connectivity index (χ4n) is 1.17. The van der Waals surface area contributed by atoms with E-state index in [4.69, 9.17) is 0 Å².